The van der Waals surface area contributed by atoms with Gasteiger partial charge in [-0.15, -0.1) is 0 Å². The van der Waals surface area contributed by atoms with Gasteiger partial charge in [0, 0.05) is 18.4 Å². The van der Waals surface area contributed by atoms with E-state index in [2.05, 4.69) is 24.5 Å². The van der Waals surface area contributed by atoms with Gasteiger partial charge in [-0.3, -0.25) is 9.59 Å². The molecule has 0 spiro atoms. The maximum Gasteiger partial charge on any atom is 0.243 e. The molecule has 1 aromatic carbocycles. The van der Waals surface area contributed by atoms with Crippen molar-refractivity contribution >= 4 is 11.8 Å². The fourth-order valence-corrected chi connectivity index (χ4v) is 3.93. The van der Waals surface area contributed by atoms with Gasteiger partial charge in [0.25, 0.3) is 0 Å². The number of carbonyl (C=O) groups is 2. The monoisotopic (exact) mass is 356 g/mol. The van der Waals surface area contributed by atoms with E-state index in [-0.39, 0.29) is 17.7 Å². The molecule has 0 unspecified atom stereocenters. The Kier molecular flexibility index (Phi) is 6.33. The van der Waals surface area contributed by atoms with E-state index in [1.54, 1.807) is 0 Å². The molecule has 0 heterocycles. The minimum absolute atomic E-state index is 0.0411. The van der Waals surface area contributed by atoms with Crippen molar-refractivity contribution in [2.24, 2.45) is 17.8 Å². The zero-order valence-corrected chi connectivity index (χ0v) is 16.0. The average Bonchev–Trinajstić information content (AvgIpc) is 3.46. The lowest BCUT2D eigenvalue weighted by Crippen LogP contribution is -2.50. The molecular formula is C22H32N2O2. The van der Waals surface area contributed by atoms with Crippen LogP contribution in [0.3, 0.4) is 0 Å². The molecule has 1 aromatic rings. The molecule has 4 nitrogen and oxygen atoms in total. The highest BCUT2D eigenvalue weighted by Gasteiger charge is 2.32. The minimum Gasteiger partial charge on any atom is -0.352 e. The number of amides is 2. The highest BCUT2D eigenvalue weighted by atomic mass is 16.2. The maximum atomic E-state index is 12.8. The molecule has 0 radical (unpaired) electrons. The second-order valence-corrected chi connectivity index (χ2v) is 8.39. The molecule has 0 saturated heterocycles. The third-order valence-electron chi connectivity index (χ3n) is 5.92. The van der Waals surface area contributed by atoms with Gasteiger partial charge in [0.05, 0.1) is 0 Å². The summed E-state index contributed by atoms with van der Waals surface area (Å²) in [6.45, 7) is 4.53. The fourth-order valence-electron chi connectivity index (χ4n) is 3.93. The summed E-state index contributed by atoms with van der Waals surface area (Å²) in [5.41, 5.74) is 1.08. The fraction of sp³-hybridized carbons (Fsp3) is 0.636. The van der Waals surface area contributed by atoms with Gasteiger partial charge in [0.15, 0.2) is 0 Å². The Balaban J connectivity index is 1.59. The normalized spacial score (nSPS) is 24.1. The molecule has 0 aromatic heterocycles. The largest absolute Gasteiger partial charge is 0.352 e. The SMILES string of the molecule is CC(C)C1CCC(C(=O)N[C@@H](Cc2ccccc2)C(=O)NC2CC2)CC1. The summed E-state index contributed by atoms with van der Waals surface area (Å²) in [6.07, 6.45) is 6.77. The number of nitrogens with one attached hydrogen (secondary N) is 2. The molecule has 142 valence electrons. The van der Waals surface area contributed by atoms with Crippen molar-refractivity contribution in [3.8, 4) is 0 Å². The predicted octanol–water partition coefficient (Wildman–Crippen LogP) is 3.45. The highest BCUT2D eigenvalue weighted by Crippen LogP contribution is 2.33. The second kappa shape index (κ2) is 8.70. The smallest absolute Gasteiger partial charge is 0.243 e. The van der Waals surface area contributed by atoms with Gasteiger partial charge < -0.3 is 10.6 Å². The standard InChI is InChI=1S/C22H32N2O2/c1-15(2)17-8-10-18(11-9-17)21(25)24-20(22(26)23-19-12-13-19)14-16-6-4-3-5-7-16/h3-7,15,17-20H,8-14H2,1-2H3,(H,23,26)(H,24,25)/t17?,18?,20-/m0/s1. The Morgan fingerprint density at radius 2 is 1.65 bits per heavy atom. The topological polar surface area (TPSA) is 58.2 Å². The molecule has 2 fully saturated rings. The van der Waals surface area contributed by atoms with Crippen molar-refractivity contribution in [1.82, 2.24) is 10.6 Å². The molecule has 4 heteroatoms. The van der Waals surface area contributed by atoms with Gasteiger partial charge >= 0.3 is 0 Å². The van der Waals surface area contributed by atoms with Crippen LogP contribution in [0.4, 0.5) is 0 Å². The first-order valence-corrected chi connectivity index (χ1v) is 10.2. The van der Waals surface area contributed by atoms with Crippen LogP contribution in [0.5, 0.6) is 0 Å². The zero-order chi connectivity index (χ0) is 18.5. The molecule has 2 aliphatic rings. The molecule has 1 atom stereocenters. The van der Waals surface area contributed by atoms with Crippen LogP contribution in [0.1, 0.15) is 57.9 Å². The van der Waals surface area contributed by atoms with E-state index < -0.39 is 6.04 Å². The predicted molar refractivity (Wildman–Crippen MR) is 104 cm³/mol. The molecule has 26 heavy (non-hydrogen) atoms. The van der Waals surface area contributed by atoms with E-state index in [1.807, 2.05) is 30.3 Å². The summed E-state index contributed by atoms with van der Waals surface area (Å²) in [7, 11) is 0. The summed E-state index contributed by atoms with van der Waals surface area (Å²) in [6, 6.07) is 9.76. The van der Waals surface area contributed by atoms with Crippen molar-refractivity contribution in [2.45, 2.75) is 70.9 Å². The van der Waals surface area contributed by atoms with E-state index in [1.165, 1.54) is 0 Å². The van der Waals surface area contributed by atoms with E-state index in [9.17, 15) is 9.59 Å². The summed E-state index contributed by atoms with van der Waals surface area (Å²) in [5.74, 6) is 1.49. The Bertz CT molecular complexity index is 602. The summed E-state index contributed by atoms with van der Waals surface area (Å²) < 4.78 is 0. The Hall–Kier alpha value is -1.84. The quantitative estimate of drug-likeness (QED) is 0.786. The molecule has 0 bridgehead atoms. The minimum atomic E-state index is -0.478. The zero-order valence-electron chi connectivity index (χ0n) is 16.0. The van der Waals surface area contributed by atoms with Crippen LogP contribution < -0.4 is 10.6 Å². The van der Waals surface area contributed by atoms with Gasteiger partial charge in [-0.2, -0.15) is 0 Å². The number of carbonyl (C=O) groups excluding carboxylic acids is 2. The van der Waals surface area contributed by atoms with Gasteiger partial charge in [0.2, 0.25) is 11.8 Å². The number of hydrogen-bond acceptors (Lipinski definition) is 2. The van der Waals surface area contributed by atoms with Gasteiger partial charge in [0.1, 0.15) is 6.04 Å². The van der Waals surface area contributed by atoms with Crippen molar-refractivity contribution in [3.63, 3.8) is 0 Å². The third kappa shape index (κ3) is 5.33. The van der Waals surface area contributed by atoms with E-state index in [0.717, 1.165) is 50.0 Å². The van der Waals surface area contributed by atoms with Crippen molar-refractivity contribution in [3.05, 3.63) is 35.9 Å². The first-order chi connectivity index (χ1) is 12.5. The van der Waals surface area contributed by atoms with Crippen LogP contribution >= 0.6 is 0 Å². The Labute approximate surface area is 157 Å². The molecule has 2 amide bonds. The van der Waals surface area contributed by atoms with Crippen molar-refractivity contribution in [2.75, 3.05) is 0 Å². The van der Waals surface area contributed by atoms with Gasteiger partial charge in [-0.25, -0.2) is 0 Å². The molecule has 0 aliphatic heterocycles. The highest BCUT2D eigenvalue weighted by molar-refractivity contribution is 5.89. The van der Waals surface area contributed by atoms with Crippen molar-refractivity contribution < 1.29 is 9.59 Å². The first-order valence-electron chi connectivity index (χ1n) is 10.2. The number of hydrogen-bond donors (Lipinski definition) is 2. The molecular weight excluding hydrogens is 324 g/mol. The molecule has 2 saturated carbocycles. The van der Waals surface area contributed by atoms with Gasteiger partial charge in [-0.1, -0.05) is 44.2 Å². The lowest BCUT2D eigenvalue weighted by molar-refractivity contribution is -0.132. The van der Waals surface area contributed by atoms with Crippen LogP contribution in [-0.2, 0) is 16.0 Å². The molecule has 3 rings (SSSR count). The summed E-state index contributed by atoms with van der Waals surface area (Å²) >= 11 is 0. The van der Waals surface area contributed by atoms with Crippen LogP contribution in [-0.4, -0.2) is 23.9 Å². The van der Waals surface area contributed by atoms with E-state index in [0.29, 0.717) is 18.4 Å². The lowest BCUT2D eigenvalue weighted by Gasteiger charge is -2.31. The maximum absolute atomic E-state index is 12.8. The Morgan fingerprint density at radius 3 is 2.23 bits per heavy atom. The number of benzene rings is 1. The summed E-state index contributed by atoms with van der Waals surface area (Å²) in [5, 5.41) is 6.11. The van der Waals surface area contributed by atoms with Crippen LogP contribution in [0.2, 0.25) is 0 Å². The van der Waals surface area contributed by atoms with Gasteiger partial charge in [-0.05, 0) is 55.9 Å². The van der Waals surface area contributed by atoms with Crippen LogP contribution in [0, 0.1) is 17.8 Å². The third-order valence-corrected chi connectivity index (χ3v) is 5.92. The van der Waals surface area contributed by atoms with Crippen LogP contribution in [0.25, 0.3) is 0 Å². The molecule has 2 N–H and O–H groups in total. The Morgan fingerprint density at radius 1 is 1.00 bits per heavy atom. The summed E-state index contributed by atoms with van der Waals surface area (Å²) in [4.78, 5) is 25.4. The first kappa shape index (κ1) is 18.9. The van der Waals surface area contributed by atoms with E-state index in [4.69, 9.17) is 0 Å². The van der Waals surface area contributed by atoms with Crippen LogP contribution in [0.15, 0.2) is 30.3 Å². The lowest BCUT2D eigenvalue weighted by atomic mass is 9.76. The number of rotatable bonds is 7. The second-order valence-electron chi connectivity index (χ2n) is 8.39. The van der Waals surface area contributed by atoms with E-state index >= 15 is 0 Å². The average molecular weight is 357 g/mol. The molecule has 2 aliphatic carbocycles. The van der Waals surface area contributed by atoms with Crippen molar-refractivity contribution in [1.29, 1.82) is 0 Å².